The molecular formula is C16H25Cl2N3O2. The third kappa shape index (κ3) is 5.37. The van der Waals surface area contributed by atoms with Crippen LogP contribution in [0.1, 0.15) is 36.5 Å². The Morgan fingerprint density at radius 3 is 2.61 bits per heavy atom. The van der Waals surface area contributed by atoms with Gasteiger partial charge in [-0.3, -0.25) is 4.79 Å². The number of nitrogens with two attached hydrogens (primary N) is 1. The lowest BCUT2D eigenvalue weighted by atomic mass is 10.0. The number of rotatable bonds is 5. The molecule has 2 rings (SSSR count). The zero-order chi connectivity index (χ0) is 15.6. The number of furan rings is 1. The van der Waals surface area contributed by atoms with Crippen LogP contribution in [0.3, 0.4) is 0 Å². The van der Waals surface area contributed by atoms with Crippen LogP contribution in [-0.2, 0) is 0 Å². The Labute approximate surface area is 149 Å². The minimum Gasteiger partial charge on any atom is -0.449 e. The van der Waals surface area contributed by atoms with Crippen molar-refractivity contribution in [3.63, 3.8) is 0 Å². The first-order chi connectivity index (χ1) is 9.88. The zero-order valence-electron chi connectivity index (χ0n) is 13.9. The normalized spacial score (nSPS) is 11.7. The van der Waals surface area contributed by atoms with Crippen molar-refractivity contribution in [3.8, 4) is 0 Å². The second kappa shape index (κ2) is 9.11. The highest BCUT2D eigenvalue weighted by atomic mass is 35.5. The summed E-state index contributed by atoms with van der Waals surface area (Å²) in [7, 11) is 1.77. The van der Waals surface area contributed by atoms with Gasteiger partial charge >= 0.3 is 0 Å². The predicted octanol–water partition coefficient (Wildman–Crippen LogP) is 3.43. The fourth-order valence-corrected chi connectivity index (χ4v) is 2.10. The van der Waals surface area contributed by atoms with Crippen molar-refractivity contribution in [1.82, 2.24) is 9.88 Å². The maximum absolute atomic E-state index is 12.3. The van der Waals surface area contributed by atoms with E-state index in [4.69, 9.17) is 10.2 Å². The number of halogens is 2. The smallest absolute Gasteiger partial charge is 0.289 e. The van der Waals surface area contributed by atoms with Gasteiger partial charge in [-0.15, -0.1) is 24.8 Å². The molecule has 0 aliphatic heterocycles. The third-order valence-corrected chi connectivity index (χ3v) is 3.72. The first kappa shape index (κ1) is 21.7. The van der Waals surface area contributed by atoms with E-state index >= 15 is 0 Å². The highest BCUT2D eigenvalue weighted by Crippen LogP contribution is 2.19. The number of aryl methyl sites for hydroxylation is 1. The molecule has 1 atom stereocenters. The van der Waals surface area contributed by atoms with E-state index in [1.165, 1.54) is 0 Å². The summed E-state index contributed by atoms with van der Waals surface area (Å²) in [6, 6.07) is 5.50. The van der Waals surface area contributed by atoms with Crippen LogP contribution in [0.15, 0.2) is 22.6 Å². The summed E-state index contributed by atoms with van der Waals surface area (Å²) >= 11 is 0. The van der Waals surface area contributed by atoms with Crippen LogP contribution in [0.5, 0.6) is 0 Å². The Balaban J connectivity index is 0.00000242. The number of aromatic nitrogens is 1. The van der Waals surface area contributed by atoms with E-state index in [1.54, 1.807) is 18.0 Å². The maximum Gasteiger partial charge on any atom is 0.289 e. The standard InChI is InChI=1S/C16H23N3O2.2ClH/c1-10(2)12(17)7-8-19(4)16(20)15-9-13-14(21-15)6-5-11(3)18-13;;/h5-6,9-10,12H,7-8,17H2,1-4H3;2*1H. The molecule has 0 aliphatic carbocycles. The first-order valence-corrected chi connectivity index (χ1v) is 7.26. The van der Waals surface area contributed by atoms with Crippen molar-refractivity contribution in [1.29, 1.82) is 0 Å². The average Bonchev–Trinajstić information content (AvgIpc) is 2.86. The van der Waals surface area contributed by atoms with Gasteiger partial charge in [-0.25, -0.2) is 4.98 Å². The molecular weight excluding hydrogens is 337 g/mol. The Morgan fingerprint density at radius 2 is 2.00 bits per heavy atom. The molecule has 130 valence electrons. The third-order valence-electron chi connectivity index (χ3n) is 3.72. The topological polar surface area (TPSA) is 72.4 Å². The van der Waals surface area contributed by atoms with Gasteiger partial charge in [-0.1, -0.05) is 13.8 Å². The molecule has 2 aromatic heterocycles. The van der Waals surface area contributed by atoms with Crippen LogP contribution in [0.25, 0.3) is 11.1 Å². The Kier molecular flexibility index (Phi) is 8.59. The molecule has 7 heteroatoms. The van der Waals surface area contributed by atoms with E-state index in [-0.39, 0.29) is 36.8 Å². The molecule has 0 aromatic carbocycles. The number of nitrogens with zero attached hydrogens (tertiary/aromatic N) is 2. The van der Waals surface area contributed by atoms with E-state index in [0.29, 0.717) is 29.3 Å². The largest absolute Gasteiger partial charge is 0.449 e. The molecule has 2 heterocycles. The zero-order valence-corrected chi connectivity index (χ0v) is 15.5. The average molecular weight is 362 g/mol. The predicted molar refractivity (Wildman–Crippen MR) is 97.6 cm³/mol. The highest BCUT2D eigenvalue weighted by Gasteiger charge is 2.18. The minimum atomic E-state index is -0.137. The molecule has 0 saturated carbocycles. The van der Waals surface area contributed by atoms with Crippen molar-refractivity contribution < 1.29 is 9.21 Å². The lowest BCUT2D eigenvalue weighted by Crippen LogP contribution is -2.34. The molecule has 0 fully saturated rings. The summed E-state index contributed by atoms with van der Waals surface area (Å²) in [5.74, 6) is 0.595. The van der Waals surface area contributed by atoms with E-state index in [1.807, 2.05) is 19.1 Å². The summed E-state index contributed by atoms with van der Waals surface area (Å²) in [4.78, 5) is 18.3. The Morgan fingerprint density at radius 1 is 1.35 bits per heavy atom. The number of hydrogen-bond donors (Lipinski definition) is 1. The molecule has 0 radical (unpaired) electrons. The summed E-state index contributed by atoms with van der Waals surface area (Å²) in [6.45, 7) is 6.69. The van der Waals surface area contributed by atoms with Crippen molar-refractivity contribution in [2.75, 3.05) is 13.6 Å². The van der Waals surface area contributed by atoms with Crippen molar-refractivity contribution in [3.05, 3.63) is 29.7 Å². The second-order valence-electron chi connectivity index (χ2n) is 5.87. The Bertz CT molecular complexity index is 643. The van der Waals surface area contributed by atoms with Gasteiger partial charge in [0.2, 0.25) is 0 Å². The minimum absolute atomic E-state index is 0. The van der Waals surface area contributed by atoms with Crippen LogP contribution in [0, 0.1) is 12.8 Å². The number of fused-ring (bicyclic) bond motifs is 1. The molecule has 1 unspecified atom stereocenters. The van der Waals surface area contributed by atoms with Gasteiger partial charge in [0.05, 0.1) is 0 Å². The lowest BCUT2D eigenvalue weighted by Gasteiger charge is -2.20. The molecule has 2 aromatic rings. The van der Waals surface area contributed by atoms with E-state index in [0.717, 1.165) is 12.1 Å². The highest BCUT2D eigenvalue weighted by molar-refractivity contribution is 5.95. The van der Waals surface area contributed by atoms with E-state index < -0.39 is 0 Å². The molecule has 0 aliphatic rings. The molecule has 2 N–H and O–H groups in total. The number of carbonyl (C=O) groups excluding carboxylic acids is 1. The number of amides is 1. The first-order valence-electron chi connectivity index (χ1n) is 7.26. The monoisotopic (exact) mass is 361 g/mol. The van der Waals surface area contributed by atoms with Crippen LogP contribution in [0.2, 0.25) is 0 Å². The molecule has 5 nitrogen and oxygen atoms in total. The van der Waals surface area contributed by atoms with Crippen molar-refractivity contribution in [2.24, 2.45) is 11.7 Å². The quantitative estimate of drug-likeness (QED) is 0.885. The van der Waals surface area contributed by atoms with Crippen LogP contribution < -0.4 is 5.73 Å². The second-order valence-corrected chi connectivity index (χ2v) is 5.87. The fourth-order valence-electron chi connectivity index (χ4n) is 2.10. The number of hydrogen-bond acceptors (Lipinski definition) is 4. The molecule has 23 heavy (non-hydrogen) atoms. The van der Waals surface area contributed by atoms with Crippen molar-refractivity contribution >= 4 is 41.8 Å². The molecule has 0 saturated heterocycles. The van der Waals surface area contributed by atoms with Gasteiger partial charge in [0.15, 0.2) is 11.3 Å². The van der Waals surface area contributed by atoms with Crippen molar-refractivity contribution in [2.45, 2.75) is 33.2 Å². The Hall–Kier alpha value is -1.30. The van der Waals surface area contributed by atoms with Gasteiger partial charge in [-0.05, 0) is 31.4 Å². The van der Waals surface area contributed by atoms with Gasteiger partial charge in [0.25, 0.3) is 5.91 Å². The number of pyridine rings is 1. The van der Waals surface area contributed by atoms with Crippen LogP contribution in [0.4, 0.5) is 0 Å². The lowest BCUT2D eigenvalue weighted by molar-refractivity contribution is 0.0760. The van der Waals surface area contributed by atoms with Gasteiger partial charge in [0, 0.05) is 31.4 Å². The maximum atomic E-state index is 12.3. The van der Waals surface area contributed by atoms with Gasteiger partial charge in [-0.2, -0.15) is 0 Å². The van der Waals surface area contributed by atoms with E-state index in [2.05, 4.69) is 18.8 Å². The SMILES string of the molecule is Cc1ccc2oc(C(=O)N(C)CCC(N)C(C)C)cc2n1.Cl.Cl. The van der Waals surface area contributed by atoms with Crippen LogP contribution >= 0.6 is 24.8 Å². The molecule has 0 bridgehead atoms. The summed E-state index contributed by atoms with van der Waals surface area (Å²) in [6.07, 6.45) is 0.775. The van der Waals surface area contributed by atoms with Gasteiger partial charge in [0.1, 0.15) is 5.52 Å². The van der Waals surface area contributed by atoms with Crippen LogP contribution in [-0.4, -0.2) is 35.4 Å². The van der Waals surface area contributed by atoms with Gasteiger partial charge < -0.3 is 15.1 Å². The summed E-state index contributed by atoms with van der Waals surface area (Å²) in [5.41, 5.74) is 8.26. The number of carbonyl (C=O) groups is 1. The summed E-state index contributed by atoms with van der Waals surface area (Å²) in [5, 5.41) is 0. The fraction of sp³-hybridized carbons (Fsp3) is 0.500. The molecule has 0 spiro atoms. The summed E-state index contributed by atoms with van der Waals surface area (Å²) < 4.78 is 5.58. The molecule has 1 amide bonds. The van der Waals surface area contributed by atoms with E-state index in [9.17, 15) is 4.79 Å².